The molecule has 4 amide bonds. The molecule has 0 radical (unpaired) electrons. The summed E-state index contributed by atoms with van der Waals surface area (Å²) < 4.78 is 38.4. The molecule has 2 heterocycles. The zero-order valence-electron chi connectivity index (χ0n) is 16.2. The first-order chi connectivity index (χ1) is 14.2. The summed E-state index contributed by atoms with van der Waals surface area (Å²) in [6.45, 7) is 0.675. The average Bonchev–Trinajstić information content (AvgIpc) is 3.10. The number of alkyl halides is 3. The molecule has 2 aliphatic rings. The third-order valence-electron chi connectivity index (χ3n) is 5.23. The molecule has 0 saturated carbocycles. The van der Waals surface area contributed by atoms with Crippen LogP contribution in [0.3, 0.4) is 0 Å². The number of anilines is 1. The zero-order chi connectivity index (χ0) is 21.9. The SMILES string of the molecule is NCCCC[C@@H]1NC(=O)[C@@H]2C[C@H](NC(=O)Nc3cccc(C(F)(F)F)c3)CN2C1=O. The van der Waals surface area contributed by atoms with E-state index in [1.165, 1.54) is 17.0 Å². The number of halogens is 3. The first-order valence-electron chi connectivity index (χ1n) is 9.74. The number of hydrogen-bond acceptors (Lipinski definition) is 4. The highest BCUT2D eigenvalue weighted by Crippen LogP contribution is 2.30. The van der Waals surface area contributed by atoms with Crippen LogP contribution < -0.4 is 21.7 Å². The van der Waals surface area contributed by atoms with E-state index in [4.69, 9.17) is 5.73 Å². The summed E-state index contributed by atoms with van der Waals surface area (Å²) >= 11 is 0. The van der Waals surface area contributed by atoms with Crippen molar-refractivity contribution in [3.05, 3.63) is 29.8 Å². The van der Waals surface area contributed by atoms with E-state index in [0.717, 1.165) is 18.6 Å². The van der Waals surface area contributed by atoms with E-state index in [-0.39, 0.29) is 30.5 Å². The summed E-state index contributed by atoms with van der Waals surface area (Å²) in [5.74, 6) is -0.464. The second kappa shape index (κ2) is 8.90. The molecule has 2 aliphatic heterocycles. The van der Waals surface area contributed by atoms with E-state index in [1.54, 1.807) is 0 Å². The van der Waals surface area contributed by atoms with Crippen molar-refractivity contribution in [2.45, 2.75) is 50.0 Å². The minimum Gasteiger partial charge on any atom is -0.343 e. The number of piperazine rings is 1. The minimum atomic E-state index is -4.52. The Morgan fingerprint density at radius 3 is 2.73 bits per heavy atom. The van der Waals surface area contributed by atoms with Crippen molar-refractivity contribution in [1.29, 1.82) is 0 Å². The largest absolute Gasteiger partial charge is 0.416 e. The van der Waals surface area contributed by atoms with Crippen molar-refractivity contribution in [3.63, 3.8) is 0 Å². The molecular weight excluding hydrogens is 403 g/mol. The van der Waals surface area contributed by atoms with Crippen LogP contribution in [0.4, 0.5) is 23.7 Å². The number of fused-ring (bicyclic) bond motifs is 1. The number of urea groups is 1. The number of amides is 4. The van der Waals surface area contributed by atoms with Gasteiger partial charge in [0.25, 0.3) is 0 Å². The number of carbonyl (C=O) groups is 3. The number of nitrogens with two attached hydrogens (primary N) is 1. The predicted octanol–water partition coefficient (Wildman–Crippen LogP) is 1.42. The van der Waals surface area contributed by atoms with E-state index in [9.17, 15) is 27.6 Å². The van der Waals surface area contributed by atoms with Crippen LogP contribution >= 0.6 is 0 Å². The molecule has 2 fully saturated rings. The molecule has 1 aromatic carbocycles. The Morgan fingerprint density at radius 1 is 1.27 bits per heavy atom. The topological polar surface area (TPSA) is 117 Å². The van der Waals surface area contributed by atoms with Gasteiger partial charge in [-0.05, 0) is 50.4 Å². The quantitative estimate of drug-likeness (QED) is 0.514. The molecule has 0 spiro atoms. The molecule has 0 aliphatic carbocycles. The lowest BCUT2D eigenvalue weighted by Gasteiger charge is -2.34. The molecule has 3 atom stereocenters. The summed E-state index contributed by atoms with van der Waals surface area (Å²) in [4.78, 5) is 38.7. The van der Waals surface area contributed by atoms with Gasteiger partial charge in [0.05, 0.1) is 11.6 Å². The molecule has 0 unspecified atom stereocenters. The van der Waals surface area contributed by atoms with E-state index >= 15 is 0 Å². The first kappa shape index (κ1) is 21.9. The van der Waals surface area contributed by atoms with Gasteiger partial charge in [0.1, 0.15) is 12.1 Å². The molecule has 5 N–H and O–H groups in total. The lowest BCUT2D eigenvalue weighted by Crippen LogP contribution is -2.61. The van der Waals surface area contributed by atoms with E-state index in [1.807, 2.05) is 0 Å². The number of benzene rings is 1. The lowest BCUT2D eigenvalue weighted by molar-refractivity contribution is -0.147. The van der Waals surface area contributed by atoms with E-state index in [2.05, 4.69) is 16.0 Å². The smallest absolute Gasteiger partial charge is 0.343 e. The van der Waals surface area contributed by atoms with Crippen LogP contribution in [-0.4, -0.2) is 54.0 Å². The predicted molar refractivity (Wildman–Crippen MR) is 102 cm³/mol. The Labute approximate surface area is 171 Å². The van der Waals surface area contributed by atoms with Crippen molar-refractivity contribution in [2.75, 3.05) is 18.4 Å². The maximum Gasteiger partial charge on any atom is 0.416 e. The van der Waals surface area contributed by atoms with Crippen LogP contribution in [0.5, 0.6) is 0 Å². The zero-order valence-corrected chi connectivity index (χ0v) is 16.2. The highest BCUT2D eigenvalue weighted by Gasteiger charge is 2.46. The summed E-state index contributed by atoms with van der Waals surface area (Å²) in [6, 6.07) is 1.83. The number of nitrogens with zero attached hydrogens (tertiary/aromatic N) is 1. The van der Waals surface area contributed by atoms with Crippen molar-refractivity contribution >= 4 is 23.5 Å². The maximum absolute atomic E-state index is 12.8. The standard InChI is InChI=1S/C19H24F3N5O3/c20-19(21,22)11-4-3-5-12(8-11)24-18(30)25-13-9-15-16(28)26-14(6-1-2-7-23)17(29)27(15)10-13/h3-5,8,13-15H,1-2,6-7,9-10,23H2,(H,26,28)(H2,24,25,30)/t13-,14-,15-/m0/s1. The number of carbonyl (C=O) groups excluding carboxylic acids is 3. The molecule has 164 valence electrons. The second-order valence-electron chi connectivity index (χ2n) is 7.46. The summed E-state index contributed by atoms with van der Waals surface area (Å²) in [5, 5.41) is 7.72. The Bertz CT molecular complexity index is 817. The molecule has 30 heavy (non-hydrogen) atoms. The van der Waals surface area contributed by atoms with Gasteiger partial charge in [-0.15, -0.1) is 0 Å². The molecule has 3 rings (SSSR count). The van der Waals surface area contributed by atoms with Crippen LogP contribution in [0.25, 0.3) is 0 Å². The Hall–Kier alpha value is -2.82. The van der Waals surface area contributed by atoms with E-state index < -0.39 is 35.9 Å². The van der Waals surface area contributed by atoms with Crippen molar-refractivity contribution in [1.82, 2.24) is 15.5 Å². The molecular formula is C19H24F3N5O3. The Kier molecular flexibility index (Phi) is 6.49. The number of nitrogens with one attached hydrogen (secondary N) is 3. The van der Waals surface area contributed by atoms with Gasteiger partial charge in [0.15, 0.2) is 0 Å². The van der Waals surface area contributed by atoms with Crippen molar-refractivity contribution < 1.29 is 27.6 Å². The third-order valence-corrected chi connectivity index (χ3v) is 5.23. The van der Waals surface area contributed by atoms with Gasteiger partial charge in [-0.2, -0.15) is 13.2 Å². The number of unbranched alkanes of at least 4 members (excludes halogenated alkanes) is 1. The van der Waals surface area contributed by atoms with Gasteiger partial charge in [-0.25, -0.2) is 4.79 Å². The molecule has 8 nitrogen and oxygen atoms in total. The second-order valence-corrected chi connectivity index (χ2v) is 7.46. The fourth-order valence-corrected chi connectivity index (χ4v) is 3.78. The number of rotatable bonds is 6. The van der Waals surface area contributed by atoms with Crippen molar-refractivity contribution in [3.8, 4) is 0 Å². The summed E-state index contributed by atoms with van der Waals surface area (Å²) in [5.41, 5.74) is 4.57. The van der Waals surface area contributed by atoms with Gasteiger partial charge in [0.2, 0.25) is 11.8 Å². The monoisotopic (exact) mass is 427 g/mol. The average molecular weight is 427 g/mol. The fraction of sp³-hybridized carbons (Fsp3) is 0.526. The Balaban J connectivity index is 1.57. The fourth-order valence-electron chi connectivity index (χ4n) is 3.78. The van der Waals surface area contributed by atoms with Gasteiger partial charge < -0.3 is 26.6 Å². The maximum atomic E-state index is 12.8. The third kappa shape index (κ3) is 5.02. The Morgan fingerprint density at radius 2 is 2.03 bits per heavy atom. The lowest BCUT2D eigenvalue weighted by atomic mass is 10.0. The summed E-state index contributed by atoms with van der Waals surface area (Å²) in [7, 11) is 0. The molecule has 11 heteroatoms. The van der Waals surface area contributed by atoms with Crippen molar-refractivity contribution in [2.24, 2.45) is 5.73 Å². The highest BCUT2D eigenvalue weighted by molar-refractivity contribution is 5.98. The van der Waals surface area contributed by atoms with Crippen LogP contribution in [0.15, 0.2) is 24.3 Å². The molecule has 0 aromatic heterocycles. The van der Waals surface area contributed by atoms with E-state index in [0.29, 0.717) is 19.4 Å². The first-order valence-corrected chi connectivity index (χ1v) is 9.74. The number of hydrogen-bond donors (Lipinski definition) is 4. The van der Waals surface area contributed by atoms with Gasteiger partial charge in [0, 0.05) is 12.2 Å². The molecule has 2 saturated heterocycles. The molecule has 1 aromatic rings. The van der Waals surface area contributed by atoms with Crippen LogP contribution in [0.2, 0.25) is 0 Å². The highest BCUT2D eigenvalue weighted by atomic mass is 19.4. The van der Waals surface area contributed by atoms with Gasteiger partial charge >= 0.3 is 12.2 Å². The van der Waals surface area contributed by atoms with Crippen LogP contribution in [0.1, 0.15) is 31.2 Å². The normalized spacial score (nSPS) is 23.7. The summed E-state index contributed by atoms with van der Waals surface area (Å²) in [6.07, 6.45) is -2.31. The van der Waals surface area contributed by atoms with Crippen LogP contribution in [0, 0.1) is 0 Å². The minimum absolute atomic E-state index is 0.00756. The van der Waals surface area contributed by atoms with Crippen LogP contribution in [-0.2, 0) is 15.8 Å². The van der Waals surface area contributed by atoms with Gasteiger partial charge in [-0.1, -0.05) is 6.07 Å². The molecule has 0 bridgehead atoms. The van der Waals surface area contributed by atoms with Gasteiger partial charge in [-0.3, -0.25) is 9.59 Å².